The Morgan fingerprint density at radius 2 is 1.42 bits per heavy atom. The van der Waals surface area contributed by atoms with Gasteiger partial charge in [-0.05, 0) is 41.5 Å². The monoisotopic (exact) mass is 450 g/mol. The van der Waals surface area contributed by atoms with Gasteiger partial charge in [-0.1, -0.05) is 36.4 Å². The zero-order valence-electron chi connectivity index (χ0n) is 19.2. The molecule has 0 aliphatic rings. The van der Waals surface area contributed by atoms with Crippen LogP contribution >= 0.6 is 0 Å². The zero-order chi connectivity index (χ0) is 23.5. The minimum Gasteiger partial charge on any atom is -0.493 e. The summed E-state index contributed by atoms with van der Waals surface area (Å²) in [6, 6.07) is 20.9. The van der Waals surface area contributed by atoms with Crippen molar-refractivity contribution in [2.45, 2.75) is 13.2 Å². The van der Waals surface area contributed by atoms with Crippen LogP contribution < -0.4 is 29.6 Å². The van der Waals surface area contributed by atoms with Crippen LogP contribution in [0.15, 0.2) is 66.7 Å². The van der Waals surface area contributed by atoms with Crippen LogP contribution in [0, 0.1) is 0 Å². The van der Waals surface area contributed by atoms with Crippen LogP contribution in [0.25, 0.3) is 0 Å². The molecule has 0 spiro atoms. The number of nitrogens with one attached hydrogen (secondary N) is 2. The summed E-state index contributed by atoms with van der Waals surface area (Å²) < 4.78 is 21.8. The van der Waals surface area contributed by atoms with E-state index in [1.165, 1.54) is 0 Å². The molecule has 3 rings (SSSR count). The molecule has 7 nitrogen and oxygen atoms in total. The van der Waals surface area contributed by atoms with Crippen molar-refractivity contribution < 1.29 is 23.7 Å². The highest BCUT2D eigenvalue weighted by Crippen LogP contribution is 2.29. The lowest BCUT2D eigenvalue weighted by Crippen LogP contribution is -2.31. The predicted molar refractivity (Wildman–Crippen MR) is 127 cm³/mol. The van der Waals surface area contributed by atoms with E-state index in [-0.39, 0.29) is 5.91 Å². The first-order valence-corrected chi connectivity index (χ1v) is 10.7. The first-order chi connectivity index (χ1) is 16.1. The topological polar surface area (TPSA) is 78.1 Å². The second-order valence-corrected chi connectivity index (χ2v) is 7.26. The highest BCUT2D eigenvalue weighted by Gasteiger charge is 2.10. The molecule has 7 heteroatoms. The van der Waals surface area contributed by atoms with Crippen LogP contribution in [-0.2, 0) is 13.2 Å². The fourth-order valence-electron chi connectivity index (χ4n) is 3.25. The second kappa shape index (κ2) is 12.4. The fourth-order valence-corrected chi connectivity index (χ4v) is 3.25. The minimum atomic E-state index is -0.167. The average Bonchev–Trinajstić information content (AvgIpc) is 2.87. The van der Waals surface area contributed by atoms with E-state index in [2.05, 4.69) is 10.6 Å². The van der Waals surface area contributed by atoms with E-state index in [4.69, 9.17) is 18.9 Å². The van der Waals surface area contributed by atoms with E-state index in [0.717, 1.165) is 11.1 Å². The number of methoxy groups -OCH3 is 3. The van der Waals surface area contributed by atoms with Crippen molar-refractivity contribution in [2.75, 3.05) is 34.4 Å². The molecule has 0 saturated heterocycles. The third-order valence-electron chi connectivity index (χ3n) is 5.03. The Balaban J connectivity index is 1.44. The van der Waals surface area contributed by atoms with Crippen molar-refractivity contribution >= 4 is 5.91 Å². The Hall–Kier alpha value is -3.71. The van der Waals surface area contributed by atoms with Gasteiger partial charge < -0.3 is 29.6 Å². The highest BCUT2D eigenvalue weighted by molar-refractivity contribution is 5.94. The lowest BCUT2D eigenvalue weighted by molar-refractivity contribution is 0.0953. The van der Waals surface area contributed by atoms with Crippen LogP contribution in [0.4, 0.5) is 0 Å². The summed E-state index contributed by atoms with van der Waals surface area (Å²) in [5.74, 6) is 2.33. The van der Waals surface area contributed by atoms with E-state index in [1.807, 2.05) is 48.5 Å². The van der Waals surface area contributed by atoms with Crippen molar-refractivity contribution in [2.24, 2.45) is 0 Å². The smallest absolute Gasteiger partial charge is 0.251 e. The Morgan fingerprint density at radius 3 is 2.15 bits per heavy atom. The largest absolute Gasteiger partial charge is 0.493 e. The summed E-state index contributed by atoms with van der Waals surface area (Å²) in [4.78, 5) is 12.4. The van der Waals surface area contributed by atoms with Crippen molar-refractivity contribution in [1.29, 1.82) is 0 Å². The molecule has 0 atom stereocenters. The first kappa shape index (κ1) is 23.9. The van der Waals surface area contributed by atoms with Gasteiger partial charge in [-0.15, -0.1) is 0 Å². The molecule has 1 amide bonds. The zero-order valence-corrected chi connectivity index (χ0v) is 19.2. The Morgan fingerprint density at radius 1 is 0.727 bits per heavy atom. The van der Waals surface area contributed by atoms with Gasteiger partial charge in [-0.2, -0.15) is 0 Å². The molecule has 0 saturated carbocycles. The molecule has 0 aliphatic heterocycles. The van der Waals surface area contributed by atoms with Gasteiger partial charge in [0.05, 0.1) is 21.3 Å². The molecule has 0 bridgehead atoms. The normalized spacial score (nSPS) is 10.4. The average molecular weight is 451 g/mol. The highest BCUT2D eigenvalue weighted by atomic mass is 16.5. The quantitative estimate of drug-likeness (QED) is 0.409. The maximum absolute atomic E-state index is 12.4. The number of amides is 1. The van der Waals surface area contributed by atoms with Crippen LogP contribution in [0.2, 0.25) is 0 Å². The standard InChI is InChI=1S/C26H30N2O5/c1-30-22-12-10-21(16-25(22)32-3)26(29)28-14-13-27-17-20-9-11-23(24(15-20)31-2)33-18-19-7-5-4-6-8-19/h4-12,15-16,27H,13-14,17-18H2,1-3H3,(H,28,29). The molecule has 174 valence electrons. The number of hydrogen-bond donors (Lipinski definition) is 2. The number of benzene rings is 3. The number of rotatable bonds is 12. The molecule has 3 aromatic carbocycles. The number of hydrogen-bond acceptors (Lipinski definition) is 6. The van der Waals surface area contributed by atoms with Crippen LogP contribution in [0.5, 0.6) is 23.0 Å². The van der Waals surface area contributed by atoms with Crippen LogP contribution in [-0.4, -0.2) is 40.3 Å². The molecule has 0 radical (unpaired) electrons. The van der Waals surface area contributed by atoms with E-state index in [0.29, 0.717) is 54.8 Å². The van der Waals surface area contributed by atoms with Crippen molar-refractivity contribution in [1.82, 2.24) is 10.6 Å². The summed E-state index contributed by atoms with van der Waals surface area (Å²) in [6.07, 6.45) is 0. The molecule has 3 aromatic rings. The number of ether oxygens (including phenoxy) is 4. The lowest BCUT2D eigenvalue weighted by atomic mass is 10.2. The van der Waals surface area contributed by atoms with Crippen LogP contribution in [0.1, 0.15) is 21.5 Å². The molecular formula is C26H30N2O5. The van der Waals surface area contributed by atoms with Crippen molar-refractivity contribution in [3.63, 3.8) is 0 Å². The summed E-state index contributed by atoms with van der Waals surface area (Å²) in [5.41, 5.74) is 2.68. The van der Waals surface area contributed by atoms with E-state index < -0.39 is 0 Å². The fraction of sp³-hybridized carbons (Fsp3) is 0.269. The Labute approximate surface area is 194 Å². The van der Waals surface area contributed by atoms with E-state index in [1.54, 1.807) is 39.5 Å². The van der Waals surface area contributed by atoms with Crippen molar-refractivity contribution in [3.05, 3.63) is 83.4 Å². The Bertz CT molecular complexity index is 1040. The maximum atomic E-state index is 12.4. The van der Waals surface area contributed by atoms with Gasteiger partial charge in [-0.3, -0.25) is 4.79 Å². The molecule has 2 N–H and O–H groups in total. The van der Waals surface area contributed by atoms with Gasteiger partial charge in [-0.25, -0.2) is 0 Å². The van der Waals surface area contributed by atoms with Crippen LogP contribution in [0.3, 0.4) is 0 Å². The second-order valence-electron chi connectivity index (χ2n) is 7.26. The van der Waals surface area contributed by atoms with Gasteiger partial charge >= 0.3 is 0 Å². The van der Waals surface area contributed by atoms with E-state index >= 15 is 0 Å². The molecule has 0 fully saturated rings. The van der Waals surface area contributed by atoms with Crippen molar-refractivity contribution in [3.8, 4) is 23.0 Å². The molecule has 0 aromatic heterocycles. The molecule has 0 unspecified atom stereocenters. The van der Waals surface area contributed by atoms with Gasteiger partial charge in [0, 0.05) is 25.2 Å². The summed E-state index contributed by atoms with van der Waals surface area (Å²) in [6.45, 7) is 2.23. The lowest BCUT2D eigenvalue weighted by Gasteiger charge is -2.13. The van der Waals surface area contributed by atoms with Gasteiger partial charge in [0.2, 0.25) is 0 Å². The summed E-state index contributed by atoms with van der Waals surface area (Å²) in [5, 5.41) is 6.22. The third-order valence-corrected chi connectivity index (χ3v) is 5.03. The molecule has 33 heavy (non-hydrogen) atoms. The Kier molecular flexibility index (Phi) is 8.97. The van der Waals surface area contributed by atoms with Gasteiger partial charge in [0.1, 0.15) is 6.61 Å². The third kappa shape index (κ3) is 6.89. The van der Waals surface area contributed by atoms with Gasteiger partial charge in [0.25, 0.3) is 5.91 Å². The van der Waals surface area contributed by atoms with Gasteiger partial charge in [0.15, 0.2) is 23.0 Å². The molecular weight excluding hydrogens is 420 g/mol. The summed E-state index contributed by atoms with van der Waals surface area (Å²) >= 11 is 0. The number of carbonyl (C=O) groups excluding carboxylic acids is 1. The maximum Gasteiger partial charge on any atom is 0.251 e. The SMILES string of the molecule is COc1ccc(C(=O)NCCNCc2ccc(OCc3ccccc3)c(OC)c2)cc1OC. The minimum absolute atomic E-state index is 0.167. The van der Waals surface area contributed by atoms with E-state index in [9.17, 15) is 4.79 Å². The summed E-state index contributed by atoms with van der Waals surface area (Å²) in [7, 11) is 4.73. The molecule has 0 aliphatic carbocycles. The first-order valence-electron chi connectivity index (χ1n) is 10.7. The predicted octanol–water partition coefficient (Wildman–Crippen LogP) is 3.81. The number of carbonyl (C=O) groups is 1. The molecule has 0 heterocycles.